The zero-order valence-electron chi connectivity index (χ0n) is 14.5. The molecule has 1 amide bonds. The maximum atomic E-state index is 14.0. The highest BCUT2D eigenvalue weighted by Gasteiger charge is 2.22. The number of hydrogen-bond donors (Lipinski definition) is 1. The number of hydrogen-bond acceptors (Lipinski definition) is 1. The summed E-state index contributed by atoms with van der Waals surface area (Å²) in [4.78, 5) is 11.7. The standard InChI is InChI=1S/C20H25ClFNO/c1-13(2)12-23-20(24)19(22)14(3)6-4-7-15-10-16-8-5-9-18(21)17(16)11-15/h4-6,8-9,13,15H,7,10-12H2,1-3H3,(H,23,24)/b6-4+,19-14-. The van der Waals surface area contributed by atoms with Crippen molar-refractivity contribution in [2.75, 3.05) is 6.54 Å². The van der Waals surface area contributed by atoms with Crippen LogP contribution in [0, 0.1) is 11.8 Å². The molecule has 1 atom stereocenters. The number of halogens is 2. The van der Waals surface area contributed by atoms with Gasteiger partial charge in [0, 0.05) is 11.6 Å². The molecular weight excluding hydrogens is 325 g/mol. The van der Waals surface area contributed by atoms with Crippen molar-refractivity contribution < 1.29 is 9.18 Å². The lowest BCUT2D eigenvalue weighted by Crippen LogP contribution is -2.27. The third kappa shape index (κ3) is 4.94. The summed E-state index contributed by atoms with van der Waals surface area (Å²) in [7, 11) is 0. The van der Waals surface area contributed by atoms with Crippen LogP contribution in [-0.4, -0.2) is 12.5 Å². The van der Waals surface area contributed by atoms with Crippen LogP contribution in [0.15, 0.2) is 41.8 Å². The van der Waals surface area contributed by atoms with E-state index in [1.165, 1.54) is 11.1 Å². The molecule has 2 nitrogen and oxygen atoms in total. The highest BCUT2D eigenvalue weighted by atomic mass is 35.5. The Hall–Kier alpha value is -1.61. The molecule has 0 saturated heterocycles. The molecule has 1 unspecified atom stereocenters. The molecule has 0 saturated carbocycles. The topological polar surface area (TPSA) is 29.1 Å². The monoisotopic (exact) mass is 349 g/mol. The zero-order valence-corrected chi connectivity index (χ0v) is 15.3. The first-order valence-electron chi connectivity index (χ1n) is 8.45. The van der Waals surface area contributed by atoms with Gasteiger partial charge in [-0.25, -0.2) is 4.39 Å². The lowest BCUT2D eigenvalue weighted by atomic mass is 10.0. The minimum atomic E-state index is -0.704. The van der Waals surface area contributed by atoms with Crippen LogP contribution in [0.1, 0.15) is 38.3 Å². The molecule has 1 aliphatic carbocycles. The van der Waals surface area contributed by atoms with Crippen LogP contribution in [0.2, 0.25) is 5.02 Å². The molecule has 0 spiro atoms. The van der Waals surface area contributed by atoms with Crippen LogP contribution in [0.3, 0.4) is 0 Å². The fourth-order valence-electron chi connectivity index (χ4n) is 2.93. The number of benzene rings is 1. The van der Waals surface area contributed by atoms with Crippen LogP contribution in [0.25, 0.3) is 0 Å². The van der Waals surface area contributed by atoms with Crippen molar-refractivity contribution in [2.24, 2.45) is 11.8 Å². The van der Waals surface area contributed by atoms with Crippen molar-refractivity contribution in [1.82, 2.24) is 5.32 Å². The quantitative estimate of drug-likeness (QED) is 0.567. The molecule has 0 aliphatic heterocycles. The summed E-state index contributed by atoms with van der Waals surface area (Å²) in [6.45, 7) is 6.05. The second kappa shape index (κ2) is 8.48. The molecule has 1 aliphatic rings. The fraction of sp³-hybridized carbons (Fsp3) is 0.450. The molecule has 0 bridgehead atoms. The minimum absolute atomic E-state index is 0.299. The van der Waals surface area contributed by atoms with Gasteiger partial charge in [-0.3, -0.25) is 4.79 Å². The number of allylic oxidation sites excluding steroid dienone is 3. The van der Waals surface area contributed by atoms with Crippen molar-refractivity contribution in [1.29, 1.82) is 0 Å². The highest BCUT2D eigenvalue weighted by Crippen LogP contribution is 2.33. The Labute approximate surface area is 148 Å². The maximum Gasteiger partial charge on any atom is 0.280 e. The number of amides is 1. The molecule has 0 radical (unpaired) electrons. The van der Waals surface area contributed by atoms with Gasteiger partial charge in [-0.2, -0.15) is 0 Å². The van der Waals surface area contributed by atoms with Crippen LogP contribution >= 0.6 is 11.6 Å². The lowest BCUT2D eigenvalue weighted by Gasteiger charge is -2.07. The summed E-state index contributed by atoms with van der Waals surface area (Å²) in [5.41, 5.74) is 2.92. The lowest BCUT2D eigenvalue weighted by molar-refractivity contribution is -0.119. The minimum Gasteiger partial charge on any atom is -0.350 e. The van der Waals surface area contributed by atoms with Crippen LogP contribution < -0.4 is 5.32 Å². The number of carbonyl (C=O) groups is 1. The predicted molar refractivity (Wildman–Crippen MR) is 97.8 cm³/mol. The molecule has 24 heavy (non-hydrogen) atoms. The van der Waals surface area contributed by atoms with Gasteiger partial charge in [0.2, 0.25) is 0 Å². The normalized spacial score (nSPS) is 18.0. The van der Waals surface area contributed by atoms with Crippen molar-refractivity contribution in [2.45, 2.75) is 40.0 Å². The van der Waals surface area contributed by atoms with E-state index in [9.17, 15) is 9.18 Å². The first kappa shape index (κ1) is 18.7. The molecule has 1 N–H and O–H groups in total. The molecule has 2 rings (SSSR count). The summed E-state index contributed by atoms with van der Waals surface area (Å²) in [6.07, 6.45) is 6.47. The summed E-state index contributed by atoms with van der Waals surface area (Å²) in [6, 6.07) is 6.03. The van der Waals surface area contributed by atoms with Crippen LogP contribution in [0.4, 0.5) is 4.39 Å². The predicted octanol–water partition coefficient (Wildman–Crippen LogP) is 5.02. The largest absolute Gasteiger partial charge is 0.350 e. The van der Waals surface area contributed by atoms with Crippen molar-refractivity contribution in [3.05, 3.63) is 57.9 Å². The molecule has 0 fully saturated rings. The van der Waals surface area contributed by atoms with Crippen LogP contribution in [0.5, 0.6) is 0 Å². The van der Waals surface area contributed by atoms with E-state index in [-0.39, 0.29) is 0 Å². The van der Waals surface area contributed by atoms with Gasteiger partial charge in [0.25, 0.3) is 5.91 Å². The Bertz CT molecular complexity index is 664. The smallest absolute Gasteiger partial charge is 0.280 e. The third-order valence-electron chi connectivity index (χ3n) is 4.27. The van der Waals surface area contributed by atoms with Gasteiger partial charge >= 0.3 is 0 Å². The van der Waals surface area contributed by atoms with Crippen molar-refractivity contribution in [3.63, 3.8) is 0 Å². The highest BCUT2D eigenvalue weighted by molar-refractivity contribution is 6.31. The summed E-state index contributed by atoms with van der Waals surface area (Å²) in [5, 5.41) is 3.43. The molecular formula is C20H25ClFNO. The average molecular weight is 350 g/mol. The molecule has 4 heteroatoms. The SMILES string of the molecule is CC(/C=C/CC1Cc2cccc(Cl)c2C1)=C(/F)C(=O)NCC(C)C. The fourth-order valence-corrected chi connectivity index (χ4v) is 3.20. The molecule has 0 heterocycles. The first-order valence-corrected chi connectivity index (χ1v) is 8.83. The van der Waals surface area contributed by atoms with Gasteiger partial charge in [-0.1, -0.05) is 49.7 Å². The van der Waals surface area contributed by atoms with Gasteiger partial charge in [-0.15, -0.1) is 0 Å². The Morgan fingerprint density at radius 3 is 2.83 bits per heavy atom. The molecule has 1 aromatic rings. The van der Waals surface area contributed by atoms with Gasteiger partial charge in [-0.05, 0) is 60.8 Å². The van der Waals surface area contributed by atoms with E-state index < -0.39 is 11.7 Å². The van der Waals surface area contributed by atoms with Gasteiger partial charge in [0.15, 0.2) is 5.83 Å². The number of nitrogens with one attached hydrogen (secondary N) is 1. The van der Waals surface area contributed by atoms with Crippen molar-refractivity contribution >= 4 is 17.5 Å². The second-order valence-electron chi connectivity index (χ2n) is 6.89. The summed E-state index contributed by atoms with van der Waals surface area (Å²) >= 11 is 6.23. The summed E-state index contributed by atoms with van der Waals surface area (Å²) < 4.78 is 14.0. The van der Waals surface area contributed by atoms with Gasteiger partial charge < -0.3 is 5.32 Å². The first-order chi connectivity index (χ1) is 11.4. The van der Waals surface area contributed by atoms with E-state index in [1.54, 1.807) is 13.0 Å². The van der Waals surface area contributed by atoms with Crippen LogP contribution in [-0.2, 0) is 17.6 Å². The Morgan fingerprint density at radius 1 is 1.42 bits per heavy atom. The van der Waals surface area contributed by atoms with E-state index in [4.69, 9.17) is 11.6 Å². The summed E-state index contributed by atoms with van der Waals surface area (Å²) in [5.74, 6) is -0.550. The second-order valence-corrected chi connectivity index (χ2v) is 7.30. The Kier molecular flexibility index (Phi) is 6.61. The zero-order chi connectivity index (χ0) is 17.7. The molecule has 1 aromatic carbocycles. The van der Waals surface area contributed by atoms with E-state index in [0.29, 0.717) is 24.0 Å². The number of carbonyl (C=O) groups excluding carboxylic acids is 1. The van der Waals surface area contributed by atoms with E-state index in [1.807, 2.05) is 32.1 Å². The van der Waals surface area contributed by atoms with Gasteiger partial charge in [0.1, 0.15) is 0 Å². The van der Waals surface area contributed by atoms with E-state index in [0.717, 1.165) is 24.3 Å². The molecule has 130 valence electrons. The molecule has 0 aromatic heterocycles. The van der Waals surface area contributed by atoms with E-state index >= 15 is 0 Å². The van der Waals surface area contributed by atoms with Gasteiger partial charge in [0.05, 0.1) is 0 Å². The number of rotatable bonds is 6. The number of fused-ring (bicyclic) bond motifs is 1. The Balaban J connectivity index is 1.89. The third-order valence-corrected chi connectivity index (χ3v) is 4.63. The maximum absolute atomic E-state index is 14.0. The average Bonchev–Trinajstić information content (AvgIpc) is 2.96. The van der Waals surface area contributed by atoms with Crippen molar-refractivity contribution in [3.8, 4) is 0 Å². The Morgan fingerprint density at radius 2 is 2.17 bits per heavy atom. The van der Waals surface area contributed by atoms with E-state index in [2.05, 4.69) is 11.4 Å².